The van der Waals surface area contributed by atoms with Crippen LogP contribution in [-0.4, -0.2) is 22.5 Å². The molecule has 0 heterocycles. The van der Waals surface area contributed by atoms with Gasteiger partial charge in [0.15, 0.2) is 0 Å². The minimum Gasteiger partial charge on any atom is -0.469 e. The number of hydrogen-bond acceptors (Lipinski definition) is 3. The van der Waals surface area contributed by atoms with Crippen LogP contribution >= 0.6 is 0 Å². The summed E-state index contributed by atoms with van der Waals surface area (Å²) in [6.45, 7) is 1.54. The van der Waals surface area contributed by atoms with E-state index in [4.69, 9.17) is 0 Å². The summed E-state index contributed by atoms with van der Waals surface area (Å²) in [7, 11) is -0.494. The number of methoxy groups -OCH3 is 1. The van der Waals surface area contributed by atoms with Gasteiger partial charge in [-0.25, -0.2) is 8.78 Å². The van der Waals surface area contributed by atoms with Gasteiger partial charge in [-0.2, -0.15) is 0 Å². The molecular formula is C11H12F2O3S. The lowest BCUT2D eigenvalue weighted by Gasteiger charge is -2.10. The lowest BCUT2D eigenvalue weighted by atomic mass is 10.3. The molecule has 0 spiro atoms. The number of esters is 1. The van der Waals surface area contributed by atoms with Gasteiger partial charge in [0.1, 0.15) is 11.6 Å². The maximum absolute atomic E-state index is 13.3. The summed E-state index contributed by atoms with van der Waals surface area (Å²) in [5, 5.41) is -0.595. The van der Waals surface area contributed by atoms with E-state index in [2.05, 4.69) is 4.74 Å². The number of rotatable bonds is 4. The second-order valence-electron chi connectivity index (χ2n) is 3.46. The van der Waals surface area contributed by atoms with Crippen molar-refractivity contribution in [1.29, 1.82) is 0 Å². The van der Waals surface area contributed by atoms with Gasteiger partial charge in [0, 0.05) is 11.3 Å². The van der Waals surface area contributed by atoms with Gasteiger partial charge in [0.05, 0.1) is 29.2 Å². The second-order valence-corrected chi connectivity index (χ2v) is 5.30. The highest BCUT2D eigenvalue weighted by Gasteiger charge is 2.20. The van der Waals surface area contributed by atoms with E-state index in [0.29, 0.717) is 6.07 Å². The van der Waals surface area contributed by atoms with Gasteiger partial charge in [-0.15, -0.1) is 0 Å². The van der Waals surface area contributed by atoms with Gasteiger partial charge < -0.3 is 4.74 Å². The third-order valence-corrected chi connectivity index (χ3v) is 3.82. The summed E-state index contributed by atoms with van der Waals surface area (Å²) in [4.78, 5) is 10.9. The van der Waals surface area contributed by atoms with E-state index in [1.807, 2.05) is 0 Å². The average Bonchev–Trinajstić information content (AvgIpc) is 2.28. The number of hydrogen-bond donors (Lipinski definition) is 0. The van der Waals surface area contributed by atoms with Crippen molar-refractivity contribution >= 4 is 16.8 Å². The largest absolute Gasteiger partial charge is 0.469 e. The van der Waals surface area contributed by atoms with E-state index in [-0.39, 0.29) is 11.3 Å². The van der Waals surface area contributed by atoms with Crippen LogP contribution in [0.2, 0.25) is 0 Å². The Kier molecular flexibility index (Phi) is 4.74. The number of carbonyl (C=O) groups is 1. The molecule has 2 atom stereocenters. The van der Waals surface area contributed by atoms with Crippen LogP contribution in [0.5, 0.6) is 0 Å². The minimum absolute atomic E-state index is 0.0834. The molecule has 17 heavy (non-hydrogen) atoms. The summed E-state index contributed by atoms with van der Waals surface area (Å²) >= 11 is 0. The third kappa shape index (κ3) is 3.59. The third-order valence-electron chi connectivity index (χ3n) is 2.16. The molecule has 0 saturated carbocycles. The van der Waals surface area contributed by atoms with Crippen molar-refractivity contribution in [3.63, 3.8) is 0 Å². The van der Waals surface area contributed by atoms with Crippen LogP contribution in [0.1, 0.15) is 13.3 Å². The van der Waals surface area contributed by atoms with Crippen LogP contribution in [0.4, 0.5) is 8.78 Å². The average molecular weight is 262 g/mol. The van der Waals surface area contributed by atoms with Crippen molar-refractivity contribution in [3.8, 4) is 0 Å². The lowest BCUT2D eigenvalue weighted by molar-refractivity contribution is -0.140. The Balaban J connectivity index is 2.85. The van der Waals surface area contributed by atoms with Crippen molar-refractivity contribution in [2.24, 2.45) is 0 Å². The molecule has 0 aromatic heterocycles. The maximum Gasteiger partial charge on any atom is 0.306 e. The van der Waals surface area contributed by atoms with Crippen molar-refractivity contribution in [2.75, 3.05) is 7.11 Å². The first-order valence-electron chi connectivity index (χ1n) is 4.88. The van der Waals surface area contributed by atoms with Crippen molar-refractivity contribution in [1.82, 2.24) is 0 Å². The maximum atomic E-state index is 13.3. The van der Waals surface area contributed by atoms with Crippen molar-refractivity contribution < 1.29 is 22.5 Å². The molecule has 3 nitrogen and oxygen atoms in total. The fourth-order valence-electron chi connectivity index (χ4n) is 1.25. The number of carbonyl (C=O) groups excluding carboxylic acids is 1. The summed E-state index contributed by atoms with van der Waals surface area (Å²) in [5.74, 6) is -2.13. The van der Waals surface area contributed by atoms with Gasteiger partial charge >= 0.3 is 5.97 Å². The molecule has 1 rings (SSSR count). The molecule has 1 aromatic carbocycles. The highest BCUT2D eigenvalue weighted by atomic mass is 32.2. The van der Waals surface area contributed by atoms with Crippen molar-refractivity contribution in [2.45, 2.75) is 23.5 Å². The second kappa shape index (κ2) is 5.86. The van der Waals surface area contributed by atoms with Crippen LogP contribution in [-0.2, 0) is 20.3 Å². The zero-order valence-corrected chi connectivity index (χ0v) is 10.2. The molecule has 0 aliphatic heterocycles. The van der Waals surface area contributed by atoms with Crippen LogP contribution < -0.4 is 0 Å². The molecule has 0 bridgehead atoms. The first-order chi connectivity index (χ1) is 7.95. The summed E-state index contributed by atoms with van der Waals surface area (Å²) in [6.07, 6.45) is -0.0834. The highest BCUT2D eigenvalue weighted by Crippen LogP contribution is 2.18. The Morgan fingerprint density at radius 2 is 2.12 bits per heavy atom. The van der Waals surface area contributed by atoms with Crippen LogP contribution in [0.25, 0.3) is 0 Å². The Morgan fingerprint density at radius 1 is 1.47 bits per heavy atom. The van der Waals surface area contributed by atoms with Gasteiger partial charge in [0.25, 0.3) is 0 Å². The molecule has 0 saturated heterocycles. The zero-order valence-electron chi connectivity index (χ0n) is 9.41. The minimum atomic E-state index is -1.71. The van der Waals surface area contributed by atoms with Crippen LogP contribution in [0.3, 0.4) is 0 Å². The molecule has 2 unspecified atom stereocenters. The van der Waals surface area contributed by atoms with E-state index < -0.39 is 33.7 Å². The first-order valence-corrected chi connectivity index (χ1v) is 6.09. The molecule has 0 fully saturated rings. The number of halogens is 2. The molecular weight excluding hydrogens is 250 g/mol. The predicted molar refractivity (Wildman–Crippen MR) is 58.9 cm³/mol. The van der Waals surface area contributed by atoms with E-state index in [1.54, 1.807) is 0 Å². The van der Waals surface area contributed by atoms with E-state index in [9.17, 15) is 17.8 Å². The van der Waals surface area contributed by atoms with E-state index in [0.717, 1.165) is 12.1 Å². The molecule has 0 aliphatic rings. The fourth-order valence-corrected chi connectivity index (χ4v) is 2.42. The van der Waals surface area contributed by atoms with Gasteiger partial charge in [-0.3, -0.25) is 9.00 Å². The van der Waals surface area contributed by atoms with Gasteiger partial charge in [0.2, 0.25) is 0 Å². The Hall–Kier alpha value is -1.30. The quantitative estimate of drug-likeness (QED) is 0.780. The topological polar surface area (TPSA) is 43.4 Å². The zero-order chi connectivity index (χ0) is 13.0. The summed E-state index contributed by atoms with van der Waals surface area (Å²) < 4.78 is 42.3. The fraction of sp³-hybridized carbons (Fsp3) is 0.364. The summed E-state index contributed by atoms with van der Waals surface area (Å²) in [6, 6.07) is 2.81. The molecule has 0 aliphatic carbocycles. The summed E-state index contributed by atoms with van der Waals surface area (Å²) in [5.41, 5.74) is 0. The number of ether oxygens (including phenoxy) is 1. The van der Waals surface area contributed by atoms with E-state index >= 15 is 0 Å². The van der Waals surface area contributed by atoms with Gasteiger partial charge in [-0.1, -0.05) is 0 Å². The molecule has 0 N–H and O–H groups in total. The van der Waals surface area contributed by atoms with Gasteiger partial charge in [-0.05, 0) is 19.1 Å². The normalized spacial score (nSPS) is 14.1. The molecule has 6 heteroatoms. The number of benzene rings is 1. The molecule has 94 valence electrons. The highest BCUT2D eigenvalue weighted by molar-refractivity contribution is 7.85. The Labute approximate surface area is 100 Å². The molecule has 0 radical (unpaired) electrons. The van der Waals surface area contributed by atoms with Crippen molar-refractivity contribution in [3.05, 3.63) is 29.8 Å². The van der Waals surface area contributed by atoms with Crippen LogP contribution in [0, 0.1) is 11.6 Å². The SMILES string of the molecule is COC(=O)CC(C)S(=O)c1ccc(F)cc1F. The Morgan fingerprint density at radius 3 is 2.65 bits per heavy atom. The monoisotopic (exact) mass is 262 g/mol. The first kappa shape index (κ1) is 13.8. The lowest BCUT2D eigenvalue weighted by Crippen LogP contribution is -2.18. The van der Waals surface area contributed by atoms with E-state index in [1.165, 1.54) is 14.0 Å². The predicted octanol–water partition coefficient (Wildman–Crippen LogP) is 2.02. The molecule has 0 amide bonds. The van der Waals surface area contributed by atoms with Crippen LogP contribution in [0.15, 0.2) is 23.1 Å². The smallest absolute Gasteiger partial charge is 0.306 e. The molecule has 1 aromatic rings. The standard InChI is InChI=1S/C11H12F2O3S/c1-7(5-11(14)16-2)17(15)10-4-3-8(12)6-9(10)13/h3-4,6-7H,5H2,1-2H3. The Bertz CT molecular complexity index is 448.